The van der Waals surface area contributed by atoms with Gasteiger partial charge in [0.15, 0.2) is 17.8 Å². The molecule has 4 rings (SSSR count). The van der Waals surface area contributed by atoms with Gasteiger partial charge in [-0.3, -0.25) is 10.1 Å². The van der Waals surface area contributed by atoms with Crippen molar-refractivity contribution in [3.8, 4) is 17.6 Å². The normalized spacial score (nSPS) is 10.7. The average molecular weight is 621 g/mol. The number of hydrogen-bond acceptors (Lipinski definition) is 8. The van der Waals surface area contributed by atoms with Crippen LogP contribution >= 0.6 is 0 Å². The lowest BCUT2D eigenvalue weighted by Crippen LogP contribution is -2.27. The number of carbonyl (C=O) groups excluding carboxylic acids is 3. The zero-order chi connectivity index (χ0) is 32.9. The summed E-state index contributed by atoms with van der Waals surface area (Å²) >= 11 is 0. The van der Waals surface area contributed by atoms with Gasteiger partial charge in [-0.25, -0.2) is 9.59 Å². The summed E-state index contributed by atoms with van der Waals surface area (Å²) in [5.41, 5.74) is 2.98. The van der Waals surface area contributed by atoms with E-state index < -0.39 is 17.7 Å². The molecule has 0 atom stereocenters. The van der Waals surface area contributed by atoms with E-state index in [1.54, 1.807) is 39.0 Å². The van der Waals surface area contributed by atoms with Crippen molar-refractivity contribution in [1.82, 2.24) is 0 Å². The predicted molar refractivity (Wildman–Crippen MR) is 173 cm³/mol. The van der Waals surface area contributed by atoms with Crippen molar-refractivity contribution in [2.75, 3.05) is 11.9 Å². The molecule has 1 N–H and O–H groups in total. The van der Waals surface area contributed by atoms with Gasteiger partial charge in [0.05, 0.1) is 29.4 Å². The molecule has 0 heterocycles. The van der Waals surface area contributed by atoms with Crippen LogP contribution in [0, 0.1) is 11.3 Å². The molecule has 0 unspecified atom stereocenters. The Morgan fingerprint density at radius 2 is 1.54 bits per heavy atom. The second-order valence-corrected chi connectivity index (χ2v) is 11.4. The Hall–Kier alpha value is -5.62. The fourth-order valence-corrected chi connectivity index (χ4v) is 4.51. The number of nitriles is 1. The van der Waals surface area contributed by atoms with Crippen LogP contribution in [-0.4, -0.2) is 30.6 Å². The number of ether oxygens (including phenoxy) is 4. The minimum absolute atomic E-state index is 0.110. The number of esters is 1. The summed E-state index contributed by atoms with van der Waals surface area (Å²) in [4.78, 5) is 37.5. The van der Waals surface area contributed by atoms with Gasteiger partial charge in [-0.15, -0.1) is 0 Å². The van der Waals surface area contributed by atoms with Crippen molar-refractivity contribution in [3.05, 3.63) is 124 Å². The molecule has 4 aromatic carbocycles. The molecule has 0 aliphatic rings. The Morgan fingerprint density at radius 3 is 2.17 bits per heavy atom. The first-order valence-corrected chi connectivity index (χ1v) is 14.8. The smallest absolute Gasteiger partial charge is 0.412 e. The number of nitrogens with one attached hydrogen (secondary N) is 1. The number of rotatable bonds is 13. The molecule has 1 amide bonds. The van der Waals surface area contributed by atoms with Crippen molar-refractivity contribution in [1.29, 1.82) is 5.26 Å². The Balaban J connectivity index is 1.50. The first-order valence-electron chi connectivity index (χ1n) is 14.8. The third-order valence-corrected chi connectivity index (χ3v) is 6.60. The molecule has 0 aromatic heterocycles. The van der Waals surface area contributed by atoms with Crippen molar-refractivity contribution < 1.29 is 33.3 Å². The van der Waals surface area contributed by atoms with Gasteiger partial charge < -0.3 is 18.9 Å². The first kappa shape index (κ1) is 33.3. The number of nitrogens with zero attached hydrogens (tertiary/aromatic N) is 1. The second-order valence-electron chi connectivity index (χ2n) is 11.4. The summed E-state index contributed by atoms with van der Waals surface area (Å²) in [5, 5.41) is 12.2. The predicted octanol–water partition coefficient (Wildman–Crippen LogP) is 7.67. The van der Waals surface area contributed by atoms with E-state index in [-0.39, 0.29) is 42.4 Å². The van der Waals surface area contributed by atoms with Crippen LogP contribution in [-0.2, 0) is 29.1 Å². The molecule has 0 spiro atoms. The van der Waals surface area contributed by atoms with Crippen LogP contribution in [0.2, 0.25) is 0 Å². The molecule has 236 valence electrons. The number of aryl methyl sites for hydroxylation is 1. The van der Waals surface area contributed by atoms with E-state index in [0.717, 1.165) is 11.1 Å². The van der Waals surface area contributed by atoms with Crippen LogP contribution < -0.4 is 14.8 Å². The monoisotopic (exact) mass is 620 g/mol. The zero-order valence-electron chi connectivity index (χ0n) is 26.1. The summed E-state index contributed by atoms with van der Waals surface area (Å²) in [6.07, 6.45) is 0.821. The largest absolute Gasteiger partial charge is 0.489 e. The Bertz CT molecular complexity index is 1690. The van der Waals surface area contributed by atoms with E-state index >= 15 is 0 Å². The molecule has 9 heteroatoms. The molecule has 0 radical (unpaired) electrons. The molecule has 0 saturated carbocycles. The van der Waals surface area contributed by atoms with E-state index in [2.05, 4.69) is 5.32 Å². The Morgan fingerprint density at radius 1 is 0.870 bits per heavy atom. The van der Waals surface area contributed by atoms with Crippen molar-refractivity contribution in [3.63, 3.8) is 0 Å². The minimum Gasteiger partial charge on any atom is -0.489 e. The quantitative estimate of drug-likeness (QED) is 0.0918. The maximum Gasteiger partial charge on any atom is 0.412 e. The molecule has 0 aliphatic carbocycles. The SMILES string of the molecule is CC(C)(C)OC(=O)Nc1ccc(C(=O)OCc2ccccc2)c(CCCOc2c(C=O)cc(C#N)cc2OCc2ccccc2)c1. The van der Waals surface area contributed by atoms with Crippen LogP contribution in [0.5, 0.6) is 11.5 Å². The molecular weight excluding hydrogens is 584 g/mol. The van der Waals surface area contributed by atoms with Crippen LogP contribution in [0.15, 0.2) is 91.0 Å². The third-order valence-electron chi connectivity index (χ3n) is 6.60. The maximum atomic E-state index is 13.1. The third kappa shape index (κ3) is 9.96. The van der Waals surface area contributed by atoms with Crippen LogP contribution in [0.4, 0.5) is 10.5 Å². The van der Waals surface area contributed by atoms with E-state index in [0.29, 0.717) is 35.9 Å². The summed E-state index contributed by atoms with van der Waals surface area (Å²) < 4.78 is 23.0. The highest BCUT2D eigenvalue weighted by Crippen LogP contribution is 2.33. The summed E-state index contributed by atoms with van der Waals surface area (Å²) in [6.45, 7) is 5.80. The molecule has 4 aromatic rings. The fourth-order valence-electron chi connectivity index (χ4n) is 4.51. The maximum absolute atomic E-state index is 13.1. The van der Waals surface area contributed by atoms with Gasteiger partial charge >= 0.3 is 12.1 Å². The molecule has 9 nitrogen and oxygen atoms in total. The Kier molecular flexibility index (Phi) is 11.5. The second kappa shape index (κ2) is 15.9. The Labute approximate surface area is 268 Å². The van der Waals surface area contributed by atoms with Crippen LogP contribution in [0.25, 0.3) is 0 Å². The van der Waals surface area contributed by atoms with E-state index in [4.69, 9.17) is 18.9 Å². The van der Waals surface area contributed by atoms with Gasteiger partial charge in [0, 0.05) is 11.8 Å². The number of carbonyl (C=O) groups is 3. The van der Waals surface area contributed by atoms with Gasteiger partial charge in [0.2, 0.25) is 0 Å². The van der Waals surface area contributed by atoms with E-state index in [9.17, 15) is 19.6 Å². The summed E-state index contributed by atoms with van der Waals surface area (Å²) in [6, 6.07) is 28.8. The van der Waals surface area contributed by atoms with E-state index in [1.807, 2.05) is 66.7 Å². The lowest BCUT2D eigenvalue weighted by atomic mass is 10.0. The number of amides is 1. The highest BCUT2D eigenvalue weighted by atomic mass is 16.6. The minimum atomic E-state index is -0.680. The number of anilines is 1. The van der Waals surface area contributed by atoms with Gasteiger partial charge in [-0.2, -0.15) is 5.26 Å². The fraction of sp³-hybridized carbons (Fsp3) is 0.243. The van der Waals surface area contributed by atoms with Gasteiger partial charge in [-0.1, -0.05) is 60.7 Å². The number of hydrogen-bond donors (Lipinski definition) is 1. The lowest BCUT2D eigenvalue weighted by Gasteiger charge is -2.20. The summed E-state index contributed by atoms with van der Waals surface area (Å²) in [7, 11) is 0. The van der Waals surface area contributed by atoms with Crippen LogP contribution in [0.1, 0.15) is 70.2 Å². The topological polar surface area (TPSA) is 124 Å². The van der Waals surface area contributed by atoms with Gasteiger partial charge in [0.1, 0.15) is 18.8 Å². The first-order chi connectivity index (χ1) is 22.1. The van der Waals surface area contributed by atoms with Crippen LogP contribution in [0.3, 0.4) is 0 Å². The molecular formula is C37H36N2O7. The molecule has 0 fully saturated rings. The van der Waals surface area contributed by atoms with Crippen molar-refractivity contribution in [2.45, 2.75) is 52.4 Å². The standard InChI is InChI=1S/C37H36N2O7/c1-37(2,3)46-36(42)39-31-16-17-32(35(41)45-25-27-13-8-5-9-14-27)29(21-31)15-10-18-43-34-30(23-40)19-28(22-38)20-33(34)44-24-26-11-6-4-7-12-26/h4-9,11-14,16-17,19-21,23H,10,15,18,24-25H2,1-3H3,(H,39,42). The van der Waals surface area contributed by atoms with Gasteiger partial charge in [0.25, 0.3) is 0 Å². The summed E-state index contributed by atoms with van der Waals surface area (Å²) in [5.74, 6) is 0.00188. The van der Waals surface area contributed by atoms with E-state index in [1.165, 1.54) is 12.1 Å². The lowest BCUT2D eigenvalue weighted by molar-refractivity contribution is 0.0471. The molecule has 0 aliphatic heterocycles. The number of aldehydes is 1. The molecule has 0 bridgehead atoms. The highest BCUT2D eigenvalue weighted by Gasteiger charge is 2.19. The zero-order valence-corrected chi connectivity index (χ0v) is 26.1. The highest BCUT2D eigenvalue weighted by molar-refractivity contribution is 5.93. The molecule has 46 heavy (non-hydrogen) atoms. The van der Waals surface area contributed by atoms with Crippen molar-refractivity contribution in [2.24, 2.45) is 0 Å². The average Bonchev–Trinajstić information content (AvgIpc) is 3.04. The number of benzene rings is 4. The van der Waals surface area contributed by atoms with Crippen molar-refractivity contribution >= 4 is 24.0 Å². The molecule has 0 saturated heterocycles. The van der Waals surface area contributed by atoms with Gasteiger partial charge in [-0.05, 0) is 74.6 Å².